The maximum Gasteiger partial charge on any atom is 0.235 e. The van der Waals surface area contributed by atoms with Crippen LogP contribution in [0.5, 0.6) is 5.88 Å². The number of hydrogen-bond donors (Lipinski definition) is 0. The van der Waals surface area contributed by atoms with E-state index in [4.69, 9.17) is 4.74 Å². The lowest BCUT2D eigenvalue weighted by atomic mass is 10.1. The molecule has 0 saturated heterocycles. The molecule has 0 N–H and O–H groups in total. The van der Waals surface area contributed by atoms with E-state index in [1.165, 1.54) is 0 Å². The Morgan fingerprint density at radius 1 is 1.29 bits per heavy atom. The van der Waals surface area contributed by atoms with Crippen LogP contribution < -0.4 is 4.74 Å². The molecule has 0 spiro atoms. The van der Waals surface area contributed by atoms with Gasteiger partial charge in [0.05, 0.1) is 12.3 Å². The monoisotopic (exact) mass is 190 g/mol. The Kier molecular flexibility index (Phi) is 2.77. The van der Waals surface area contributed by atoms with Crippen molar-refractivity contribution in [3.05, 3.63) is 30.2 Å². The van der Waals surface area contributed by atoms with Gasteiger partial charge in [-0.15, -0.1) is 0 Å². The summed E-state index contributed by atoms with van der Waals surface area (Å²) >= 11 is 0. The molecule has 1 aromatic heterocycles. The van der Waals surface area contributed by atoms with Crippen LogP contribution in [0.15, 0.2) is 24.5 Å². The van der Waals surface area contributed by atoms with Gasteiger partial charge in [0.15, 0.2) is 0 Å². The third-order valence-corrected chi connectivity index (χ3v) is 2.40. The van der Waals surface area contributed by atoms with Gasteiger partial charge in [0, 0.05) is 12.4 Å². The number of allylic oxidation sites excluding steroid dienone is 2. The second-order valence-electron chi connectivity index (χ2n) is 3.57. The fraction of sp³-hybridized carbons (Fsp3) is 0.455. The number of hydrogen-bond acceptors (Lipinski definition) is 3. The molecular weight excluding hydrogens is 176 g/mol. The van der Waals surface area contributed by atoms with E-state index in [2.05, 4.69) is 22.1 Å². The Morgan fingerprint density at radius 3 is 2.71 bits per heavy atom. The van der Waals surface area contributed by atoms with E-state index in [0.717, 1.165) is 25.1 Å². The molecule has 0 radical (unpaired) electrons. The van der Waals surface area contributed by atoms with Gasteiger partial charge in [-0.2, -0.15) is 0 Å². The molecule has 0 aliphatic heterocycles. The fourth-order valence-electron chi connectivity index (χ4n) is 1.54. The third kappa shape index (κ3) is 2.10. The fourth-order valence-corrected chi connectivity index (χ4v) is 1.54. The summed E-state index contributed by atoms with van der Waals surface area (Å²) in [7, 11) is 0. The third-order valence-electron chi connectivity index (χ3n) is 2.40. The number of rotatable bonds is 3. The largest absolute Gasteiger partial charge is 0.476 e. The first-order valence-electron chi connectivity index (χ1n) is 4.91. The quantitative estimate of drug-likeness (QED) is 0.685. The molecule has 0 amide bonds. The summed E-state index contributed by atoms with van der Waals surface area (Å²) in [5.41, 5.74) is 0.860. The Hall–Kier alpha value is -1.38. The second-order valence-corrected chi connectivity index (χ2v) is 3.57. The van der Waals surface area contributed by atoms with E-state index in [1.54, 1.807) is 12.4 Å². The molecular formula is C11H14N2O. The SMILES string of the molecule is Cc1nccnc1OCC1CC=CC1. The first-order chi connectivity index (χ1) is 6.86. The molecule has 0 unspecified atom stereocenters. The van der Waals surface area contributed by atoms with Crippen molar-refractivity contribution in [2.45, 2.75) is 19.8 Å². The van der Waals surface area contributed by atoms with Crippen molar-refractivity contribution in [3.8, 4) is 5.88 Å². The minimum absolute atomic E-state index is 0.622. The normalized spacial score (nSPS) is 16.1. The molecule has 3 heteroatoms. The van der Waals surface area contributed by atoms with Crippen LogP contribution in [0.2, 0.25) is 0 Å². The summed E-state index contributed by atoms with van der Waals surface area (Å²) in [4.78, 5) is 8.26. The van der Waals surface area contributed by atoms with Gasteiger partial charge >= 0.3 is 0 Å². The van der Waals surface area contributed by atoms with Gasteiger partial charge in [0.25, 0.3) is 0 Å². The molecule has 0 atom stereocenters. The minimum Gasteiger partial charge on any atom is -0.476 e. The zero-order chi connectivity index (χ0) is 9.80. The first kappa shape index (κ1) is 9.19. The van der Waals surface area contributed by atoms with Crippen LogP contribution in [-0.4, -0.2) is 16.6 Å². The molecule has 1 aliphatic rings. The van der Waals surface area contributed by atoms with E-state index >= 15 is 0 Å². The van der Waals surface area contributed by atoms with Gasteiger partial charge in [-0.05, 0) is 25.7 Å². The predicted molar refractivity (Wildman–Crippen MR) is 54.1 cm³/mol. The van der Waals surface area contributed by atoms with Crippen molar-refractivity contribution < 1.29 is 4.74 Å². The topological polar surface area (TPSA) is 35.0 Å². The standard InChI is InChI=1S/C11H14N2O/c1-9-11(13-7-6-12-9)14-8-10-4-2-3-5-10/h2-3,6-7,10H,4-5,8H2,1H3. The number of aromatic nitrogens is 2. The Bertz CT molecular complexity index is 328. The van der Waals surface area contributed by atoms with Crippen LogP contribution in [0.3, 0.4) is 0 Å². The van der Waals surface area contributed by atoms with Gasteiger partial charge in [-0.1, -0.05) is 12.2 Å². The lowest BCUT2D eigenvalue weighted by Crippen LogP contribution is -2.10. The summed E-state index contributed by atoms with van der Waals surface area (Å²) in [6, 6.07) is 0. The number of nitrogens with zero attached hydrogens (tertiary/aromatic N) is 2. The maximum atomic E-state index is 5.61. The highest BCUT2D eigenvalue weighted by Gasteiger charge is 2.11. The Labute approximate surface area is 83.8 Å². The van der Waals surface area contributed by atoms with Crippen LogP contribution in [0.25, 0.3) is 0 Å². The molecule has 2 rings (SSSR count). The lowest BCUT2D eigenvalue weighted by molar-refractivity contribution is 0.244. The zero-order valence-corrected chi connectivity index (χ0v) is 8.31. The van der Waals surface area contributed by atoms with Crippen molar-refractivity contribution >= 4 is 0 Å². The van der Waals surface area contributed by atoms with Crippen molar-refractivity contribution in [2.75, 3.05) is 6.61 Å². The lowest BCUT2D eigenvalue weighted by Gasteiger charge is -2.11. The predicted octanol–water partition coefficient (Wildman–Crippen LogP) is 2.13. The highest BCUT2D eigenvalue weighted by atomic mass is 16.5. The van der Waals surface area contributed by atoms with Crippen LogP contribution in [0.1, 0.15) is 18.5 Å². The van der Waals surface area contributed by atoms with Gasteiger partial charge in [-0.3, -0.25) is 4.98 Å². The molecule has 0 saturated carbocycles. The Balaban J connectivity index is 1.88. The smallest absolute Gasteiger partial charge is 0.235 e. The van der Waals surface area contributed by atoms with Crippen LogP contribution in [-0.2, 0) is 0 Å². The van der Waals surface area contributed by atoms with E-state index in [-0.39, 0.29) is 0 Å². The van der Waals surface area contributed by atoms with Crippen molar-refractivity contribution in [1.82, 2.24) is 9.97 Å². The van der Waals surface area contributed by atoms with E-state index in [9.17, 15) is 0 Å². The van der Waals surface area contributed by atoms with Crippen molar-refractivity contribution in [1.29, 1.82) is 0 Å². The average molecular weight is 190 g/mol. The highest BCUT2D eigenvalue weighted by molar-refractivity contribution is 5.14. The van der Waals surface area contributed by atoms with Gasteiger partial charge in [0.1, 0.15) is 0 Å². The molecule has 1 heterocycles. The molecule has 1 aromatic rings. The highest BCUT2D eigenvalue weighted by Crippen LogP contribution is 2.19. The van der Waals surface area contributed by atoms with E-state index < -0.39 is 0 Å². The second kappa shape index (κ2) is 4.22. The van der Waals surface area contributed by atoms with E-state index in [0.29, 0.717) is 11.8 Å². The molecule has 14 heavy (non-hydrogen) atoms. The van der Waals surface area contributed by atoms with Gasteiger partial charge in [0.2, 0.25) is 5.88 Å². The van der Waals surface area contributed by atoms with Crippen molar-refractivity contribution in [3.63, 3.8) is 0 Å². The Morgan fingerprint density at radius 2 is 2.00 bits per heavy atom. The summed E-state index contributed by atoms with van der Waals surface area (Å²) in [6.45, 7) is 2.65. The maximum absolute atomic E-state index is 5.61. The van der Waals surface area contributed by atoms with Gasteiger partial charge < -0.3 is 4.74 Å². The first-order valence-corrected chi connectivity index (χ1v) is 4.91. The minimum atomic E-state index is 0.622. The molecule has 0 aromatic carbocycles. The summed E-state index contributed by atoms with van der Waals surface area (Å²) in [5.74, 6) is 1.29. The summed E-state index contributed by atoms with van der Waals surface area (Å²) in [6.07, 6.45) is 10.0. The molecule has 74 valence electrons. The average Bonchev–Trinajstić information content (AvgIpc) is 2.69. The van der Waals surface area contributed by atoms with Crippen LogP contribution in [0, 0.1) is 12.8 Å². The number of aryl methyl sites for hydroxylation is 1. The number of ether oxygens (including phenoxy) is 1. The van der Waals surface area contributed by atoms with E-state index in [1.807, 2.05) is 6.92 Å². The molecule has 1 aliphatic carbocycles. The molecule has 0 bridgehead atoms. The van der Waals surface area contributed by atoms with Crippen molar-refractivity contribution in [2.24, 2.45) is 5.92 Å². The van der Waals surface area contributed by atoms with Gasteiger partial charge in [-0.25, -0.2) is 4.98 Å². The summed E-state index contributed by atoms with van der Waals surface area (Å²) < 4.78 is 5.61. The zero-order valence-electron chi connectivity index (χ0n) is 8.31. The molecule has 0 fully saturated rings. The van der Waals surface area contributed by atoms with Crippen LogP contribution in [0.4, 0.5) is 0 Å². The van der Waals surface area contributed by atoms with Crippen LogP contribution >= 0.6 is 0 Å². The summed E-state index contributed by atoms with van der Waals surface area (Å²) in [5, 5.41) is 0. The molecule has 3 nitrogen and oxygen atoms in total.